The molecular weight excluding hydrogens is 1220 g/mol. The van der Waals surface area contributed by atoms with Crippen molar-refractivity contribution >= 4 is 52.2 Å². The molecule has 92 heavy (non-hydrogen) atoms. The van der Waals surface area contributed by atoms with Gasteiger partial charge in [-0.15, -0.1) is 0 Å². The molecule has 4 amide bonds. The summed E-state index contributed by atoms with van der Waals surface area (Å²) in [7, 11) is 5.33. The van der Waals surface area contributed by atoms with Crippen molar-refractivity contribution in [2.75, 3.05) is 95.3 Å². The molecule has 0 saturated carbocycles. The zero-order valence-corrected chi connectivity index (χ0v) is 59.4. The van der Waals surface area contributed by atoms with E-state index in [9.17, 15) is 28.8 Å². The van der Waals surface area contributed by atoms with Crippen LogP contribution in [0.15, 0.2) is 48.5 Å². The van der Waals surface area contributed by atoms with E-state index in [0.717, 1.165) is 44.5 Å². The number of ether oxygens (including phenoxy) is 8. The Balaban J connectivity index is 0.000000349. The Kier molecular flexibility index (Phi) is 27.5. The Morgan fingerprint density at radius 3 is 1.15 bits per heavy atom. The average Bonchev–Trinajstić information content (AvgIpc) is 1.41. The van der Waals surface area contributed by atoms with Gasteiger partial charge in [0.15, 0.2) is 39.6 Å². The molecule has 22 nitrogen and oxygen atoms in total. The first kappa shape index (κ1) is 75.5. The van der Waals surface area contributed by atoms with Crippen molar-refractivity contribution in [3.63, 3.8) is 0 Å². The lowest BCUT2D eigenvalue weighted by Gasteiger charge is -2.38. The molecule has 0 aliphatic heterocycles. The van der Waals surface area contributed by atoms with Gasteiger partial charge in [0.1, 0.15) is 11.5 Å². The number of rotatable bonds is 28. The lowest BCUT2D eigenvalue weighted by Crippen LogP contribution is -2.46. The minimum atomic E-state index is -2.01. The summed E-state index contributed by atoms with van der Waals surface area (Å²) in [5.74, 6) is 1.57. The minimum absolute atomic E-state index is 0.00925. The number of amides is 4. The molecule has 2 aliphatic rings. The number of carbonyl (C=O) groups is 6. The molecule has 4 aromatic rings. The van der Waals surface area contributed by atoms with Gasteiger partial charge < -0.3 is 77.4 Å². The van der Waals surface area contributed by atoms with Crippen molar-refractivity contribution in [1.82, 2.24) is 20.4 Å². The van der Waals surface area contributed by atoms with Gasteiger partial charge in [-0.3, -0.25) is 28.8 Å². The van der Waals surface area contributed by atoms with Crippen LogP contribution in [0.1, 0.15) is 128 Å². The quantitative estimate of drug-likeness (QED) is 0.0234. The molecule has 0 radical (unpaired) electrons. The highest BCUT2D eigenvalue weighted by Gasteiger charge is 2.39. The number of aliphatic hydroxyl groups excluding tert-OH is 2. The van der Waals surface area contributed by atoms with Gasteiger partial charge in [0.25, 0.3) is 0 Å². The van der Waals surface area contributed by atoms with Crippen LogP contribution in [-0.2, 0) is 50.5 Å². The predicted molar refractivity (Wildman–Crippen MR) is 356 cm³/mol. The minimum Gasteiger partial charge on any atom is -0.493 e. The molecule has 508 valence electrons. The maximum Gasteiger partial charge on any atom is 0.311 e. The van der Waals surface area contributed by atoms with Gasteiger partial charge in [-0.05, 0) is 132 Å². The molecule has 2 atom stereocenters. The first-order chi connectivity index (χ1) is 43.3. The molecule has 0 saturated heterocycles. The number of methoxy groups -OCH3 is 6. The average molecular weight is 1320 g/mol. The highest BCUT2D eigenvalue weighted by atomic mass is 28.4. The Morgan fingerprint density at radius 2 is 0.848 bits per heavy atom. The number of nitrogens with one attached hydrogen (secondary N) is 2. The van der Waals surface area contributed by atoms with Gasteiger partial charge in [0.2, 0.25) is 35.1 Å². The van der Waals surface area contributed by atoms with Crippen LogP contribution in [0.2, 0.25) is 36.3 Å². The van der Waals surface area contributed by atoms with Crippen LogP contribution in [0.25, 0.3) is 22.3 Å². The van der Waals surface area contributed by atoms with Gasteiger partial charge in [-0.25, -0.2) is 0 Å². The van der Waals surface area contributed by atoms with Crippen LogP contribution < -0.4 is 48.5 Å². The molecule has 0 spiro atoms. The zero-order chi connectivity index (χ0) is 68.5. The smallest absolute Gasteiger partial charge is 0.311 e. The fourth-order valence-corrected chi connectivity index (χ4v) is 12.7. The Hall–Kier alpha value is -7.23. The number of nitrogens with zero attached hydrogens (tertiary/aromatic N) is 2. The molecule has 4 N–H and O–H groups in total. The number of fused-ring (bicyclic) bond motifs is 6. The lowest BCUT2D eigenvalue weighted by molar-refractivity contribution is -0.139. The van der Waals surface area contributed by atoms with Gasteiger partial charge in [0, 0.05) is 64.0 Å². The molecule has 2 aliphatic carbocycles. The van der Waals surface area contributed by atoms with Gasteiger partial charge >= 0.3 is 11.9 Å². The first-order valence-electron chi connectivity index (χ1n) is 31.3. The van der Waals surface area contributed by atoms with E-state index in [2.05, 4.69) is 78.4 Å². The van der Waals surface area contributed by atoms with E-state index in [4.69, 9.17) is 57.0 Å². The second kappa shape index (κ2) is 33.6. The molecule has 0 aromatic heterocycles. The van der Waals surface area contributed by atoms with Crippen LogP contribution >= 0.6 is 0 Å². The first-order valence-corrected chi connectivity index (χ1v) is 37.1. The van der Waals surface area contributed by atoms with Crippen molar-refractivity contribution in [2.24, 2.45) is 0 Å². The topological polar surface area (TPSA) is 266 Å². The van der Waals surface area contributed by atoms with Gasteiger partial charge in [0.05, 0.1) is 94.0 Å². The Labute approximate surface area is 545 Å². The molecule has 0 unspecified atom stereocenters. The van der Waals surface area contributed by atoms with Crippen LogP contribution in [0.4, 0.5) is 0 Å². The summed E-state index contributed by atoms with van der Waals surface area (Å²) >= 11 is 0. The van der Waals surface area contributed by atoms with Crippen molar-refractivity contribution in [3.8, 4) is 68.2 Å². The van der Waals surface area contributed by atoms with E-state index in [-0.39, 0.29) is 104 Å². The lowest BCUT2D eigenvalue weighted by atomic mass is 9.93. The van der Waals surface area contributed by atoms with E-state index in [1.807, 2.05) is 18.2 Å². The van der Waals surface area contributed by atoms with Crippen molar-refractivity contribution in [1.29, 1.82) is 0 Å². The van der Waals surface area contributed by atoms with E-state index < -0.39 is 28.6 Å². The van der Waals surface area contributed by atoms with Crippen LogP contribution in [0.3, 0.4) is 0 Å². The Morgan fingerprint density at radius 1 is 0.500 bits per heavy atom. The third-order valence-electron chi connectivity index (χ3n) is 17.6. The molecule has 0 fully saturated rings. The number of hydrogen-bond acceptors (Lipinski definition) is 18. The summed E-state index contributed by atoms with van der Waals surface area (Å²) in [4.78, 5) is 79.2. The molecule has 6 rings (SSSR count). The SMILES string of the molecule is COc1cc2c(c(OC)c1OC)-c1ccc(OC(=O)CCC(=O)N(CCO)CCO)cc1[C@@H](NC(C)=O)CC2.COc1cc2c(c(OC)c1OC)-c1ccc(OC(=O)CCC(=O)N(CCO[Si](C)(C)C(C)(C)C)CCO[Si](C)(C)C(C)(C)C)cc1[C@@H](NC(C)=O)CC2. The monoisotopic (exact) mass is 1320 g/mol. The van der Waals surface area contributed by atoms with Crippen LogP contribution in [-0.4, -0.2) is 167 Å². The fourth-order valence-electron chi connectivity index (χ4n) is 10.7. The summed E-state index contributed by atoms with van der Waals surface area (Å²) in [6.07, 6.45) is 2.01. The van der Waals surface area contributed by atoms with E-state index in [0.29, 0.717) is 92.2 Å². The molecular formula is C68H100N4O18Si2. The second-order valence-electron chi connectivity index (χ2n) is 25.8. The van der Waals surface area contributed by atoms with Crippen molar-refractivity contribution in [3.05, 3.63) is 70.8 Å². The highest BCUT2D eigenvalue weighted by Crippen LogP contribution is 2.53. The molecule has 0 bridgehead atoms. The standard InChI is InChI=1S/C40H64N2O9Si2.C28H36N2O9/c1-27(43)41-32-18-15-28-25-33(46-8)37(47-9)38(48-10)36(28)30-17-16-29(26-31(30)32)51-35(45)20-19-34(44)42(21-23-49-52(11,12)39(2,3)4)22-24-50-53(13,14)40(5,6)7;1-17(33)29-22-8-5-18-15-23(36-2)27(37-3)28(38-4)26(18)20-7-6-19(16-21(20)22)39-25(35)10-9-24(34)30(11-13-31)12-14-32/h16-17,25-26,32H,15,18-24H2,1-14H3,(H,41,43);6-7,15-16,22,31-32H,5,8-14H2,1-4H3,(H,29,33)/t32-;22-/m00/s1. The number of esters is 2. The fraction of sp³-hybridized carbons (Fsp3) is 0.559. The summed E-state index contributed by atoms with van der Waals surface area (Å²) in [5, 5.41) is 24.4. The molecule has 0 heterocycles. The van der Waals surface area contributed by atoms with Crippen molar-refractivity contribution < 1.29 is 85.7 Å². The maximum absolute atomic E-state index is 13.6. The summed E-state index contributed by atoms with van der Waals surface area (Å²) in [6, 6.07) is 13.7. The third-order valence-corrected chi connectivity index (χ3v) is 26.7. The zero-order valence-electron chi connectivity index (χ0n) is 57.4. The van der Waals surface area contributed by atoms with E-state index in [1.54, 1.807) is 70.8 Å². The van der Waals surface area contributed by atoms with Crippen LogP contribution in [0, 0.1) is 0 Å². The normalized spacial score (nSPS) is 14.3. The second-order valence-corrected chi connectivity index (χ2v) is 35.4. The summed E-state index contributed by atoms with van der Waals surface area (Å²) < 4.78 is 58.2. The third kappa shape index (κ3) is 19.4. The van der Waals surface area contributed by atoms with Gasteiger partial charge in [-0.2, -0.15) is 0 Å². The number of aryl methyl sites for hydroxylation is 2. The Bertz CT molecular complexity index is 3190. The van der Waals surface area contributed by atoms with Crippen molar-refractivity contribution in [2.45, 2.75) is 155 Å². The summed E-state index contributed by atoms with van der Waals surface area (Å²) in [6.45, 7) is 26.2. The molecule has 4 aromatic carbocycles. The number of benzene rings is 4. The maximum atomic E-state index is 13.6. The van der Waals surface area contributed by atoms with Gasteiger partial charge in [-0.1, -0.05) is 53.7 Å². The van der Waals surface area contributed by atoms with Crippen LogP contribution in [0.5, 0.6) is 46.0 Å². The number of hydrogen-bond donors (Lipinski definition) is 4. The van der Waals surface area contributed by atoms with E-state index in [1.165, 1.54) is 25.9 Å². The molecule has 24 heteroatoms. The highest BCUT2D eigenvalue weighted by molar-refractivity contribution is 6.74. The number of aliphatic hydroxyl groups is 2. The summed E-state index contributed by atoms with van der Waals surface area (Å²) in [5.41, 5.74) is 6.69. The number of carbonyl (C=O) groups excluding carboxylic acids is 6. The van der Waals surface area contributed by atoms with E-state index >= 15 is 0 Å². The predicted octanol–water partition coefficient (Wildman–Crippen LogP) is 10.1. The largest absolute Gasteiger partial charge is 0.493 e.